The summed E-state index contributed by atoms with van der Waals surface area (Å²) in [5.74, 6) is -1.93. The zero-order chi connectivity index (χ0) is 28.3. The first-order valence-corrected chi connectivity index (χ1v) is 13.9. The summed E-state index contributed by atoms with van der Waals surface area (Å²) in [6, 6.07) is 19.0. The molecule has 1 saturated heterocycles. The van der Waals surface area contributed by atoms with Crippen molar-refractivity contribution >= 4 is 46.6 Å². The van der Waals surface area contributed by atoms with Crippen LogP contribution in [-0.4, -0.2) is 47.2 Å². The van der Waals surface area contributed by atoms with E-state index in [9.17, 15) is 24.6 Å². The van der Waals surface area contributed by atoms with Crippen molar-refractivity contribution < 1.29 is 38.6 Å². The molecular weight excluding hydrogens is 545 g/mol. The van der Waals surface area contributed by atoms with Crippen molar-refractivity contribution in [1.82, 2.24) is 0 Å². The number of nitrogens with one attached hydrogen (secondary N) is 1. The minimum atomic E-state index is -1.17. The van der Waals surface area contributed by atoms with Crippen molar-refractivity contribution in [3.05, 3.63) is 105 Å². The van der Waals surface area contributed by atoms with Gasteiger partial charge in [-0.05, 0) is 23.0 Å². The average molecular weight is 567 g/mol. The molecule has 4 aromatic rings. The van der Waals surface area contributed by atoms with Crippen molar-refractivity contribution in [3.8, 4) is 11.5 Å². The van der Waals surface area contributed by atoms with E-state index in [2.05, 4.69) is 5.32 Å². The van der Waals surface area contributed by atoms with E-state index in [1.54, 1.807) is 24.3 Å². The molecule has 0 unspecified atom stereocenters. The third-order valence-corrected chi connectivity index (χ3v) is 8.55. The van der Waals surface area contributed by atoms with Crippen molar-refractivity contribution in [2.75, 3.05) is 11.9 Å². The number of phenolic OH excluding ortho intramolecular Hbond substituents is 2. The molecule has 0 spiro atoms. The van der Waals surface area contributed by atoms with Gasteiger partial charge in [-0.2, -0.15) is 0 Å². The Morgan fingerprint density at radius 3 is 2.34 bits per heavy atom. The monoisotopic (exact) mass is 567 g/mol. The molecule has 3 aliphatic rings. The topological polar surface area (TPSA) is 131 Å². The summed E-state index contributed by atoms with van der Waals surface area (Å²) in [5, 5.41) is 28.2. The second-order valence-corrected chi connectivity index (χ2v) is 11.2. The summed E-state index contributed by atoms with van der Waals surface area (Å²) in [4.78, 5) is 39.6. The van der Waals surface area contributed by atoms with Crippen LogP contribution < -0.4 is 10.8 Å². The van der Waals surface area contributed by atoms with E-state index in [-0.39, 0.29) is 52.8 Å². The van der Waals surface area contributed by atoms with Crippen LogP contribution in [0.2, 0.25) is 0 Å². The first kappa shape index (κ1) is 25.5. The van der Waals surface area contributed by atoms with Crippen molar-refractivity contribution in [2.24, 2.45) is 0 Å². The number of ether oxygens (including phenoxy) is 1. The highest BCUT2D eigenvalue weighted by molar-refractivity contribution is 7.14. The predicted molar refractivity (Wildman–Crippen MR) is 150 cm³/mol. The van der Waals surface area contributed by atoms with Crippen LogP contribution in [0.15, 0.2) is 72.1 Å². The van der Waals surface area contributed by atoms with E-state index in [1.807, 2.05) is 35.7 Å². The number of carbonyl (C=O) groups is 3. The minimum absolute atomic E-state index is 0.00635. The van der Waals surface area contributed by atoms with Gasteiger partial charge in [0.15, 0.2) is 11.6 Å². The van der Waals surface area contributed by atoms with Crippen molar-refractivity contribution in [1.29, 1.82) is 0 Å². The molecule has 2 heterocycles. The molecule has 3 aromatic carbocycles. The molecule has 2 atom stereocenters. The number of anilines is 1. The van der Waals surface area contributed by atoms with Gasteiger partial charge in [-0.25, -0.2) is 4.79 Å². The molecule has 204 valence electrons. The second kappa shape index (κ2) is 9.58. The largest absolute Gasteiger partial charge is 0.507 e. The normalized spacial score (nSPS) is 20.6. The van der Waals surface area contributed by atoms with Gasteiger partial charge in [-0.1, -0.05) is 54.6 Å². The smallest absolute Gasteiger partial charge is 0.494 e. The molecule has 11 heteroatoms. The van der Waals surface area contributed by atoms with Crippen LogP contribution in [0.1, 0.15) is 55.5 Å². The van der Waals surface area contributed by atoms with Gasteiger partial charge >= 0.3 is 13.2 Å². The standard InChI is InChI=1S/C30H22BNO8S/c33-25-17-9-4-5-10-18(17)26(34)24-23(25)27(35)19-13-30(15-38-29(37)32-21-11-6-12-41-21)14-20(22(19)28(24)36)39-31(40-30)16-7-2-1-3-8-16/h1-12,20,35-36H,13-15H2,(H,32,37)/t20-,30-/m0/s1. The summed E-state index contributed by atoms with van der Waals surface area (Å²) in [7, 11) is -0.886. The number of fused-ring (bicyclic) bond motifs is 6. The Bertz CT molecular complexity index is 1720. The molecule has 1 fully saturated rings. The van der Waals surface area contributed by atoms with E-state index in [0.717, 1.165) is 0 Å². The minimum Gasteiger partial charge on any atom is -0.507 e. The zero-order valence-corrected chi connectivity index (χ0v) is 22.3. The Hall–Kier alpha value is -4.45. The molecule has 0 saturated carbocycles. The van der Waals surface area contributed by atoms with Crippen molar-refractivity contribution in [3.63, 3.8) is 0 Å². The molecular formula is C30H22BNO8S. The van der Waals surface area contributed by atoms with Crippen LogP contribution >= 0.6 is 11.3 Å². The van der Waals surface area contributed by atoms with E-state index < -0.39 is 48.0 Å². The molecule has 1 amide bonds. The number of rotatable bonds is 4. The summed E-state index contributed by atoms with van der Waals surface area (Å²) in [6.07, 6.45) is -1.35. The SMILES string of the molecule is O=C(Nc1cccs1)OC[C@]12Cc3c(O)c4c(c(O)c3[C@H](C1)OB(c1ccccc1)O2)C(=O)c1ccccc1C4=O. The number of hydrogen-bond donors (Lipinski definition) is 3. The Kier molecular flexibility index (Phi) is 5.97. The first-order chi connectivity index (χ1) is 19.8. The van der Waals surface area contributed by atoms with E-state index in [0.29, 0.717) is 10.5 Å². The number of carbonyl (C=O) groups excluding carboxylic acids is 3. The number of aromatic hydroxyl groups is 2. The van der Waals surface area contributed by atoms with Crippen LogP contribution in [0.5, 0.6) is 11.5 Å². The highest BCUT2D eigenvalue weighted by Gasteiger charge is 2.53. The lowest BCUT2D eigenvalue weighted by Gasteiger charge is -2.48. The molecule has 3 N–H and O–H groups in total. The molecule has 2 bridgehead atoms. The fourth-order valence-electron chi connectivity index (χ4n) is 5.94. The average Bonchev–Trinajstić information content (AvgIpc) is 3.50. The van der Waals surface area contributed by atoms with Gasteiger partial charge in [-0.3, -0.25) is 14.9 Å². The Morgan fingerprint density at radius 2 is 1.66 bits per heavy atom. The number of ketones is 2. The van der Waals surface area contributed by atoms with Crippen LogP contribution in [-0.2, 0) is 20.5 Å². The summed E-state index contributed by atoms with van der Waals surface area (Å²) >= 11 is 1.35. The van der Waals surface area contributed by atoms with Crippen LogP contribution in [0.3, 0.4) is 0 Å². The predicted octanol–water partition coefficient (Wildman–Crippen LogP) is 4.35. The molecule has 2 aliphatic carbocycles. The van der Waals surface area contributed by atoms with Gasteiger partial charge in [-0.15, -0.1) is 11.3 Å². The highest BCUT2D eigenvalue weighted by atomic mass is 32.1. The van der Waals surface area contributed by atoms with E-state index in [1.165, 1.54) is 23.5 Å². The van der Waals surface area contributed by atoms with Gasteiger partial charge in [0.05, 0.1) is 27.8 Å². The van der Waals surface area contributed by atoms with E-state index >= 15 is 0 Å². The lowest BCUT2D eigenvalue weighted by molar-refractivity contribution is -0.0922. The fourth-order valence-corrected chi connectivity index (χ4v) is 6.54. The maximum absolute atomic E-state index is 13.5. The van der Waals surface area contributed by atoms with Crippen LogP contribution in [0, 0.1) is 0 Å². The number of phenols is 2. The Morgan fingerprint density at radius 1 is 0.976 bits per heavy atom. The number of amides is 1. The van der Waals surface area contributed by atoms with Gasteiger partial charge in [0.25, 0.3) is 0 Å². The maximum Gasteiger partial charge on any atom is 0.494 e. The molecule has 1 aromatic heterocycles. The highest BCUT2D eigenvalue weighted by Crippen LogP contribution is 2.53. The quantitative estimate of drug-likeness (QED) is 0.216. The van der Waals surface area contributed by atoms with Crippen molar-refractivity contribution in [2.45, 2.75) is 24.5 Å². The van der Waals surface area contributed by atoms with Gasteiger partial charge in [0.2, 0.25) is 0 Å². The van der Waals surface area contributed by atoms with Gasteiger partial charge in [0, 0.05) is 35.1 Å². The zero-order valence-electron chi connectivity index (χ0n) is 21.5. The summed E-state index contributed by atoms with van der Waals surface area (Å²) in [5.41, 5.74) is -0.209. The molecule has 1 aliphatic heterocycles. The van der Waals surface area contributed by atoms with Gasteiger partial charge < -0.3 is 24.3 Å². The Labute approximate surface area is 238 Å². The van der Waals surface area contributed by atoms with Crippen LogP contribution in [0.25, 0.3) is 0 Å². The molecule has 41 heavy (non-hydrogen) atoms. The first-order valence-electron chi connectivity index (χ1n) is 13.0. The summed E-state index contributed by atoms with van der Waals surface area (Å²) < 4.78 is 18.4. The molecule has 0 radical (unpaired) electrons. The third-order valence-electron chi connectivity index (χ3n) is 7.77. The summed E-state index contributed by atoms with van der Waals surface area (Å²) in [6.45, 7) is -0.195. The number of hydrogen-bond acceptors (Lipinski definition) is 9. The van der Waals surface area contributed by atoms with Crippen LogP contribution in [0.4, 0.5) is 9.80 Å². The lowest BCUT2D eigenvalue weighted by Crippen LogP contribution is -2.58. The molecule has 7 rings (SSSR count). The van der Waals surface area contributed by atoms with E-state index in [4.69, 9.17) is 14.0 Å². The number of benzene rings is 3. The molecule has 9 nitrogen and oxygen atoms in total. The third kappa shape index (κ3) is 4.12. The van der Waals surface area contributed by atoms with Gasteiger partial charge in [0.1, 0.15) is 18.1 Å². The second-order valence-electron chi connectivity index (χ2n) is 10.3. The maximum atomic E-state index is 13.5. The number of thiophene rings is 1. The fraction of sp³-hybridized carbons (Fsp3) is 0.167. The lowest BCUT2D eigenvalue weighted by atomic mass is 9.68. The Balaban J connectivity index is 1.31.